The summed E-state index contributed by atoms with van der Waals surface area (Å²) in [6.07, 6.45) is -2.02. The Kier molecular flexibility index (Phi) is 8.44. The predicted octanol–water partition coefficient (Wildman–Crippen LogP) is 3.19. The van der Waals surface area contributed by atoms with Gasteiger partial charge in [-0.05, 0) is 50.6 Å². The fourth-order valence-corrected chi connectivity index (χ4v) is 4.09. The van der Waals surface area contributed by atoms with Crippen molar-refractivity contribution in [3.8, 4) is 5.75 Å². The van der Waals surface area contributed by atoms with Gasteiger partial charge in [-0.25, -0.2) is 4.68 Å². The summed E-state index contributed by atoms with van der Waals surface area (Å²) in [5.74, 6) is 1.78. The SMILES string of the molecule is COc1ccc(Cn2ncc(N[C@H](C)COCc3nc(C4CCNCC4)no3)c(C(F)(F)F)c2=O)cc1. The zero-order chi connectivity index (χ0) is 26.4. The molecule has 0 amide bonds. The van der Waals surface area contributed by atoms with E-state index in [1.165, 1.54) is 7.11 Å². The van der Waals surface area contributed by atoms with Crippen LogP contribution in [0.3, 0.4) is 0 Å². The second kappa shape index (κ2) is 11.7. The van der Waals surface area contributed by atoms with Crippen LogP contribution >= 0.6 is 0 Å². The van der Waals surface area contributed by atoms with Gasteiger partial charge in [0.25, 0.3) is 11.4 Å². The van der Waals surface area contributed by atoms with E-state index < -0.39 is 29.0 Å². The molecule has 0 saturated carbocycles. The molecule has 0 radical (unpaired) electrons. The Labute approximate surface area is 211 Å². The van der Waals surface area contributed by atoms with Crippen molar-refractivity contribution in [3.63, 3.8) is 0 Å². The summed E-state index contributed by atoms with van der Waals surface area (Å²) in [4.78, 5) is 17.1. The second-order valence-corrected chi connectivity index (χ2v) is 8.87. The second-order valence-electron chi connectivity index (χ2n) is 8.87. The number of rotatable bonds is 10. The lowest BCUT2D eigenvalue weighted by atomic mass is 9.98. The summed E-state index contributed by atoms with van der Waals surface area (Å²) in [7, 11) is 1.51. The standard InChI is InChI=1S/C24H29F3N6O4/c1-15(13-36-14-20-31-22(32-37-20)17-7-9-28-10-8-17)30-19-11-29-33(23(34)21(19)24(25,26)27)12-16-3-5-18(35-2)6-4-16/h3-6,11,15,17,28,30H,7-10,12-14H2,1-2H3/t15-/m1/s1. The van der Waals surface area contributed by atoms with Crippen molar-refractivity contribution in [1.29, 1.82) is 0 Å². The highest BCUT2D eigenvalue weighted by Gasteiger charge is 2.38. The van der Waals surface area contributed by atoms with Gasteiger partial charge in [0.05, 0.1) is 32.1 Å². The van der Waals surface area contributed by atoms with Gasteiger partial charge in [0.2, 0.25) is 0 Å². The summed E-state index contributed by atoms with van der Waals surface area (Å²) < 4.78 is 58.2. The van der Waals surface area contributed by atoms with Crippen molar-refractivity contribution in [3.05, 3.63) is 63.7 Å². The Morgan fingerprint density at radius 2 is 1.97 bits per heavy atom. The molecule has 0 bridgehead atoms. The molecular formula is C24H29F3N6O4. The maximum atomic E-state index is 13.8. The van der Waals surface area contributed by atoms with E-state index in [9.17, 15) is 18.0 Å². The number of ether oxygens (including phenoxy) is 2. The summed E-state index contributed by atoms with van der Waals surface area (Å²) in [5.41, 5.74) is -2.36. The van der Waals surface area contributed by atoms with Crippen molar-refractivity contribution in [1.82, 2.24) is 25.2 Å². The molecule has 4 rings (SSSR count). The molecular weight excluding hydrogens is 493 g/mol. The Balaban J connectivity index is 1.38. The average Bonchev–Trinajstić information content (AvgIpc) is 3.35. The first kappa shape index (κ1) is 26.6. The van der Waals surface area contributed by atoms with Crippen LogP contribution < -0.4 is 20.9 Å². The number of aromatic nitrogens is 4. The number of methoxy groups -OCH3 is 1. The molecule has 200 valence electrons. The van der Waals surface area contributed by atoms with Crippen LogP contribution in [0.1, 0.15) is 48.5 Å². The average molecular weight is 523 g/mol. The molecule has 1 aliphatic heterocycles. The third-order valence-corrected chi connectivity index (χ3v) is 6.00. The van der Waals surface area contributed by atoms with E-state index >= 15 is 0 Å². The maximum Gasteiger partial charge on any atom is 0.423 e. The Bertz CT molecular complexity index is 1220. The molecule has 0 aliphatic carbocycles. The fraction of sp³-hybridized carbons (Fsp3) is 0.500. The van der Waals surface area contributed by atoms with Crippen molar-refractivity contribution in [2.45, 2.75) is 51.1 Å². The van der Waals surface area contributed by atoms with Crippen LogP contribution in [0.2, 0.25) is 0 Å². The van der Waals surface area contributed by atoms with Gasteiger partial charge in [0.1, 0.15) is 17.9 Å². The number of nitrogens with zero attached hydrogens (tertiary/aromatic N) is 4. The first-order chi connectivity index (χ1) is 17.7. The molecule has 0 spiro atoms. The van der Waals surface area contributed by atoms with Crippen LogP contribution in [0, 0.1) is 0 Å². The number of hydrogen-bond acceptors (Lipinski definition) is 9. The number of alkyl halides is 3. The molecule has 13 heteroatoms. The Morgan fingerprint density at radius 3 is 2.65 bits per heavy atom. The molecule has 1 fully saturated rings. The van der Waals surface area contributed by atoms with E-state index in [4.69, 9.17) is 14.0 Å². The maximum absolute atomic E-state index is 13.8. The van der Waals surface area contributed by atoms with Crippen molar-refractivity contribution in [2.75, 3.05) is 32.1 Å². The molecule has 37 heavy (non-hydrogen) atoms. The van der Waals surface area contributed by atoms with E-state index in [0.717, 1.165) is 36.8 Å². The van der Waals surface area contributed by atoms with Crippen LogP contribution in [0.25, 0.3) is 0 Å². The number of hydrogen-bond donors (Lipinski definition) is 2. The van der Waals surface area contributed by atoms with E-state index in [-0.39, 0.29) is 25.7 Å². The first-order valence-electron chi connectivity index (χ1n) is 11.9. The van der Waals surface area contributed by atoms with Crippen molar-refractivity contribution < 1.29 is 27.2 Å². The summed E-state index contributed by atoms with van der Waals surface area (Å²) >= 11 is 0. The van der Waals surface area contributed by atoms with E-state index in [1.807, 2.05) is 0 Å². The van der Waals surface area contributed by atoms with Crippen molar-refractivity contribution >= 4 is 5.69 Å². The minimum Gasteiger partial charge on any atom is -0.497 e. The molecule has 1 aliphatic rings. The van der Waals surface area contributed by atoms with Crippen LogP contribution in [0.5, 0.6) is 5.75 Å². The number of halogens is 3. The minimum absolute atomic E-state index is 0.0256. The van der Waals surface area contributed by atoms with Gasteiger partial charge in [0, 0.05) is 12.0 Å². The predicted molar refractivity (Wildman–Crippen MR) is 127 cm³/mol. The quantitative estimate of drug-likeness (QED) is 0.414. The van der Waals surface area contributed by atoms with Crippen LogP contribution in [-0.4, -0.2) is 52.8 Å². The number of benzene rings is 1. The summed E-state index contributed by atoms with van der Waals surface area (Å²) in [6, 6.07) is 6.07. The Morgan fingerprint density at radius 1 is 1.24 bits per heavy atom. The summed E-state index contributed by atoms with van der Waals surface area (Å²) in [6.45, 7) is 3.38. The molecule has 0 unspecified atom stereocenters. The van der Waals surface area contributed by atoms with Crippen LogP contribution in [0.15, 0.2) is 39.8 Å². The summed E-state index contributed by atoms with van der Waals surface area (Å²) in [5, 5.41) is 13.9. The highest BCUT2D eigenvalue weighted by atomic mass is 19.4. The van der Waals surface area contributed by atoms with Gasteiger partial charge in [-0.15, -0.1) is 0 Å². The van der Waals surface area contributed by atoms with Gasteiger partial charge in [-0.3, -0.25) is 4.79 Å². The smallest absolute Gasteiger partial charge is 0.423 e. The lowest BCUT2D eigenvalue weighted by Gasteiger charge is -2.19. The molecule has 2 N–H and O–H groups in total. The highest BCUT2D eigenvalue weighted by Crippen LogP contribution is 2.32. The fourth-order valence-electron chi connectivity index (χ4n) is 4.09. The third kappa shape index (κ3) is 6.86. The number of nitrogens with one attached hydrogen (secondary N) is 2. The van der Waals surface area contributed by atoms with E-state index in [0.29, 0.717) is 23.0 Å². The molecule has 10 nitrogen and oxygen atoms in total. The van der Waals surface area contributed by atoms with Crippen molar-refractivity contribution in [2.24, 2.45) is 0 Å². The normalized spacial score (nSPS) is 15.5. The van der Waals surface area contributed by atoms with E-state index in [1.54, 1.807) is 31.2 Å². The van der Waals surface area contributed by atoms with Gasteiger partial charge < -0.3 is 24.6 Å². The zero-order valence-electron chi connectivity index (χ0n) is 20.5. The molecule has 3 aromatic rings. The van der Waals surface area contributed by atoms with Crippen LogP contribution in [0.4, 0.5) is 18.9 Å². The molecule has 1 atom stereocenters. The number of anilines is 1. The molecule has 2 aromatic heterocycles. The van der Waals surface area contributed by atoms with Gasteiger partial charge in [-0.2, -0.15) is 23.3 Å². The zero-order valence-corrected chi connectivity index (χ0v) is 20.5. The minimum atomic E-state index is -4.88. The van der Waals surface area contributed by atoms with Gasteiger partial charge in [-0.1, -0.05) is 17.3 Å². The Hall–Kier alpha value is -3.45. The highest BCUT2D eigenvalue weighted by molar-refractivity contribution is 5.50. The largest absolute Gasteiger partial charge is 0.497 e. The topological polar surface area (TPSA) is 116 Å². The van der Waals surface area contributed by atoms with Gasteiger partial charge in [0.15, 0.2) is 5.82 Å². The van der Waals surface area contributed by atoms with Gasteiger partial charge >= 0.3 is 6.18 Å². The first-order valence-corrected chi connectivity index (χ1v) is 11.9. The molecule has 1 saturated heterocycles. The molecule has 1 aromatic carbocycles. The lowest BCUT2D eigenvalue weighted by molar-refractivity contribution is -0.138. The van der Waals surface area contributed by atoms with Crippen LogP contribution in [-0.2, 0) is 24.1 Å². The molecule has 3 heterocycles. The lowest BCUT2D eigenvalue weighted by Crippen LogP contribution is -2.34. The third-order valence-electron chi connectivity index (χ3n) is 6.00. The van der Waals surface area contributed by atoms with E-state index in [2.05, 4.69) is 25.9 Å². The number of piperidine rings is 1. The monoisotopic (exact) mass is 522 g/mol.